The van der Waals surface area contributed by atoms with E-state index in [1.165, 1.54) is 0 Å². The first-order chi connectivity index (χ1) is 6.79. The van der Waals surface area contributed by atoms with Crippen LogP contribution in [-0.4, -0.2) is 29.2 Å². The molecule has 0 unspecified atom stereocenters. The number of aliphatic hydroxyl groups excluding tert-OH is 1. The summed E-state index contributed by atoms with van der Waals surface area (Å²) in [5, 5.41) is 9.55. The molecule has 1 N–H and O–H groups in total. The van der Waals surface area contributed by atoms with E-state index in [1.54, 1.807) is 6.07 Å². The van der Waals surface area contributed by atoms with E-state index < -0.39 is 0 Å². The lowest BCUT2D eigenvalue weighted by molar-refractivity contribution is 0.146. The number of likely N-dealkylation sites (tertiary alicyclic amines) is 1. The van der Waals surface area contributed by atoms with Crippen molar-refractivity contribution in [2.45, 2.75) is 25.4 Å². The second kappa shape index (κ2) is 4.34. The Morgan fingerprint density at radius 1 is 1.57 bits per heavy atom. The first kappa shape index (κ1) is 10.0. The zero-order chi connectivity index (χ0) is 9.97. The van der Waals surface area contributed by atoms with Crippen LogP contribution in [0.25, 0.3) is 0 Å². The summed E-state index contributed by atoms with van der Waals surface area (Å²) in [5.74, 6) is 0.871. The van der Waals surface area contributed by atoms with Crippen LogP contribution in [0.3, 0.4) is 0 Å². The molecule has 0 spiro atoms. The molecule has 0 amide bonds. The predicted octanol–water partition coefficient (Wildman–Crippen LogP) is 1.89. The number of halogens is 1. The topological polar surface area (TPSA) is 36.6 Å². The Hall–Kier alpha value is -0.510. The largest absolute Gasteiger partial charge is 0.448 e. The zero-order valence-corrected chi connectivity index (χ0v) is 8.70. The molecule has 2 heterocycles. The molecular formula is C10H14ClNO2. The van der Waals surface area contributed by atoms with Crippen molar-refractivity contribution in [3.63, 3.8) is 0 Å². The van der Waals surface area contributed by atoms with Gasteiger partial charge >= 0.3 is 0 Å². The van der Waals surface area contributed by atoms with Gasteiger partial charge in [0.05, 0.1) is 13.2 Å². The van der Waals surface area contributed by atoms with Crippen LogP contribution < -0.4 is 0 Å². The highest BCUT2D eigenvalue weighted by atomic mass is 35.5. The summed E-state index contributed by atoms with van der Waals surface area (Å²) >= 11 is 5.68. The fourth-order valence-electron chi connectivity index (χ4n) is 1.95. The van der Waals surface area contributed by atoms with Crippen LogP contribution in [0.1, 0.15) is 18.6 Å². The molecule has 1 aliphatic heterocycles. The summed E-state index contributed by atoms with van der Waals surface area (Å²) in [4.78, 5) is 2.23. The lowest BCUT2D eigenvalue weighted by atomic mass is 10.2. The molecule has 1 atom stereocenters. The summed E-state index contributed by atoms with van der Waals surface area (Å²) in [6.07, 6.45) is 2.23. The van der Waals surface area contributed by atoms with Gasteiger partial charge in [-0.2, -0.15) is 0 Å². The average molecular weight is 216 g/mol. The van der Waals surface area contributed by atoms with Gasteiger partial charge in [-0.1, -0.05) is 0 Å². The van der Waals surface area contributed by atoms with Crippen molar-refractivity contribution in [3.8, 4) is 0 Å². The SMILES string of the molecule is OC[C@@H]1CCCN1Cc1ccc(Cl)o1. The van der Waals surface area contributed by atoms with Crippen LogP contribution >= 0.6 is 11.6 Å². The quantitative estimate of drug-likeness (QED) is 0.837. The Balaban J connectivity index is 1.96. The van der Waals surface area contributed by atoms with E-state index in [9.17, 15) is 0 Å². The molecule has 2 rings (SSSR count). The highest BCUT2D eigenvalue weighted by molar-refractivity contribution is 6.28. The van der Waals surface area contributed by atoms with Crippen molar-refractivity contribution in [1.82, 2.24) is 4.90 Å². The van der Waals surface area contributed by atoms with Crippen LogP contribution in [0.5, 0.6) is 0 Å². The number of hydrogen-bond donors (Lipinski definition) is 1. The third kappa shape index (κ3) is 2.11. The van der Waals surface area contributed by atoms with Gasteiger partial charge in [-0.25, -0.2) is 0 Å². The Kier molecular flexibility index (Phi) is 3.11. The normalized spacial score (nSPS) is 23.1. The minimum Gasteiger partial charge on any atom is -0.448 e. The van der Waals surface area contributed by atoms with Crippen LogP contribution in [0, 0.1) is 0 Å². The average Bonchev–Trinajstić information content (AvgIpc) is 2.76. The summed E-state index contributed by atoms with van der Waals surface area (Å²) in [5.41, 5.74) is 0. The number of nitrogens with zero attached hydrogens (tertiary/aromatic N) is 1. The molecule has 1 aromatic rings. The fourth-order valence-corrected chi connectivity index (χ4v) is 2.11. The maximum atomic E-state index is 9.12. The Bertz CT molecular complexity index is 300. The molecule has 0 aliphatic carbocycles. The van der Waals surface area contributed by atoms with Gasteiger partial charge in [-0.3, -0.25) is 4.90 Å². The lowest BCUT2D eigenvalue weighted by Crippen LogP contribution is -2.31. The van der Waals surface area contributed by atoms with Crippen molar-refractivity contribution in [1.29, 1.82) is 0 Å². The third-order valence-corrected chi connectivity index (χ3v) is 2.90. The molecule has 14 heavy (non-hydrogen) atoms. The fraction of sp³-hybridized carbons (Fsp3) is 0.600. The molecule has 0 radical (unpaired) electrons. The molecule has 0 aromatic carbocycles. The molecule has 1 aliphatic rings. The second-order valence-corrected chi connectivity index (χ2v) is 4.03. The van der Waals surface area contributed by atoms with E-state index in [1.807, 2.05) is 6.07 Å². The van der Waals surface area contributed by atoms with E-state index in [0.717, 1.165) is 31.7 Å². The molecular weight excluding hydrogens is 202 g/mol. The van der Waals surface area contributed by atoms with Gasteiger partial charge in [0.1, 0.15) is 5.76 Å². The van der Waals surface area contributed by atoms with Crippen molar-refractivity contribution in [2.75, 3.05) is 13.2 Å². The minimum absolute atomic E-state index is 0.231. The first-order valence-electron chi connectivity index (χ1n) is 4.88. The van der Waals surface area contributed by atoms with Crippen LogP contribution in [0.15, 0.2) is 16.5 Å². The van der Waals surface area contributed by atoms with E-state index in [-0.39, 0.29) is 6.61 Å². The second-order valence-electron chi connectivity index (χ2n) is 3.65. The highest BCUT2D eigenvalue weighted by Gasteiger charge is 2.24. The zero-order valence-electron chi connectivity index (χ0n) is 7.95. The number of furan rings is 1. The summed E-state index contributed by atoms with van der Waals surface area (Å²) < 4.78 is 5.28. The maximum absolute atomic E-state index is 9.12. The van der Waals surface area contributed by atoms with Gasteiger partial charge < -0.3 is 9.52 Å². The van der Waals surface area contributed by atoms with Gasteiger partial charge in [0, 0.05) is 6.04 Å². The van der Waals surface area contributed by atoms with E-state index in [2.05, 4.69) is 4.90 Å². The number of aliphatic hydroxyl groups is 1. The molecule has 0 bridgehead atoms. The standard InChI is InChI=1S/C10H14ClNO2/c11-10-4-3-9(14-10)6-12-5-1-2-8(12)7-13/h3-4,8,13H,1-2,5-7H2/t8-/m0/s1. The van der Waals surface area contributed by atoms with E-state index in [0.29, 0.717) is 11.3 Å². The Morgan fingerprint density at radius 2 is 2.43 bits per heavy atom. The Morgan fingerprint density at radius 3 is 3.07 bits per heavy atom. The minimum atomic E-state index is 0.231. The van der Waals surface area contributed by atoms with Crippen LogP contribution in [0.4, 0.5) is 0 Å². The van der Waals surface area contributed by atoms with Crippen LogP contribution in [0.2, 0.25) is 5.22 Å². The summed E-state index contributed by atoms with van der Waals surface area (Å²) in [7, 11) is 0. The van der Waals surface area contributed by atoms with Gasteiger partial charge in [-0.05, 0) is 43.1 Å². The van der Waals surface area contributed by atoms with Crippen molar-refractivity contribution < 1.29 is 9.52 Å². The molecule has 78 valence electrons. The van der Waals surface area contributed by atoms with Crippen LogP contribution in [-0.2, 0) is 6.54 Å². The molecule has 1 aromatic heterocycles. The summed E-state index contributed by atoms with van der Waals surface area (Å²) in [6, 6.07) is 3.93. The van der Waals surface area contributed by atoms with Crippen molar-refractivity contribution in [3.05, 3.63) is 23.1 Å². The van der Waals surface area contributed by atoms with Gasteiger partial charge in [0.2, 0.25) is 0 Å². The molecule has 1 fully saturated rings. The van der Waals surface area contributed by atoms with Gasteiger partial charge in [-0.15, -0.1) is 0 Å². The molecule has 0 saturated carbocycles. The smallest absolute Gasteiger partial charge is 0.193 e. The molecule has 4 heteroatoms. The monoisotopic (exact) mass is 215 g/mol. The molecule has 3 nitrogen and oxygen atoms in total. The van der Waals surface area contributed by atoms with Crippen molar-refractivity contribution in [2.24, 2.45) is 0 Å². The third-order valence-electron chi connectivity index (χ3n) is 2.70. The van der Waals surface area contributed by atoms with Gasteiger partial charge in [0.15, 0.2) is 5.22 Å². The maximum Gasteiger partial charge on any atom is 0.193 e. The van der Waals surface area contributed by atoms with E-state index >= 15 is 0 Å². The molecule has 1 saturated heterocycles. The Labute approximate surface area is 88.3 Å². The first-order valence-corrected chi connectivity index (χ1v) is 5.26. The lowest BCUT2D eigenvalue weighted by Gasteiger charge is -2.20. The number of rotatable bonds is 3. The predicted molar refractivity (Wildman–Crippen MR) is 54.2 cm³/mol. The summed E-state index contributed by atoms with van der Waals surface area (Å²) in [6.45, 7) is 2.01. The number of hydrogen-bond acceptors (Lipinski definition) is 3. The van der Waals surface area contributed by atoms with E-state index in [4.69, 9.17) is 21.1 Å². The van der Waals surface area contributed by atoms with Gasteiger partial charge in [0.25, 0.3) is 0 Å². The highest BCUT2D eigenvalue weighted by Crippen LogP contribution is 2.21. The van der Waals surface area contributed by atoms with Crippen molar-refractivity contribution >= 4 is 11.6 Å².